The summed E-state index contributed by atoms with van der Waals surface area (Å²) in [5.74, 6) is -0.918. The van der Waals surface area contributed by atoms with Gasteiger partial charge in [-0.05, 0) is 30.3 Å². The van der Waals surface area contributed by atoms with Crippen molar-refractivity contribution >= 4 is 5.91 Å². The molecule has 0 heterocycles. The summed E-state index contributed by atoms with van der Waals surface area (Å²) in [6, 6.07) is 15.7. The summed E-state index contributed by atoms with van der Waals surface area (Å²) in [4.78, 5) is 13.4. The Bertz CT molecular complexity index is 725. The fraction of sp³-hybridized carbons (Fsp3) is 0.222. The van der Waals surface area contributed by atoms with E-state index in [0.29, 0.717) is 6.54 Å². The van der Waals surface area contributed by atoms with Crippen molar-refractivity contribution in [3.8, 4) is 6.07 Å². The molecule has 4 nitrogen and oxygen atoms in total. The Balaban J connectivity index is 2.23. The van der Waals surface area contributed by atoms with Gasteiger partial charge in [0.25, 0.3) is 0 Å². The standard InChI is InChI=1S/C18H18FN3O/c1-22(12-13-7-8-16(19)15(9-13)11-20)17(10-18(21)23)14-5-3-2-4-6-14/h2-9,17H,10,12H2,1H3,(H2,21,23)/t17-/m0/s1. The fourth-order valence-corrected chi connectivity index (χ4v) is 2.55. The van der Waals surface area contributed by atoms with Gasteiger partial charge in [0.2, 0.25) is 5.91 Å². The molecule has 5 heteroatoms. The highest BCUT2D eigenvalue weighted by Gasteiger charge is 2.19. The van der Waals surface area contributed by atoms with Crippen molar-refractivity contribution in [2.24, 2.45) is 5.73 Å². The van der Waals surface area contributed by atoms with E-state index in [2.05, 4.69) is 0 Å². The van der Waals surface area contributed by atoms with E-state index >= 15 is 0 Å². The second-order valence-corrected chi connectivity index (χ2v) is 5.44. The number of nitrogens with two attached hydrogens (primary N) is 1. The molecule has 23 heavy (non-hydrogen) atoms. The second kappa shape index (κ2) is 7.52. The van der Waals surface area contributed by atoms with Gasteiger partial charge in [-0.1, -0.05) is 36.4 Å². The highest BCUT2D eigenvalue weighted by molar-refractivity contribution is 5.74. The smallest absolute Gasteiger partial charge is 0.219 e. The van der Waals surface area contributed by atoms with Crippen LogP contribution in [-0.4, -0.2) is 17.9 Å². The molecule has 0 aliphatic rings. The van der Waals surface area contributed by atoms with Crippen molar-refractivity contribution in [1.82, 2.24) is 4.90 Å². The minimum atomic E-state index is -0.532. The number of hydrogen-bond acceptors (Lipinski definition) is 3. The summed E-state index contributed by atoms with van der Waals surface area (Å²) in [5, 5.41) is 8.92. The fourth-order valence-electron chi connectivity index (χ4n) is 2.55. The van der Waals surface area contributed by atoms with Crippen LogP contribution in [0.3, 0.4) is 0 Å². The van der Waals surface area contributed by atoms with Gasteiger partial charge in [0.1, 0.15) is 11.9 Å². The predicted octanol–water partition coefficient (Wildman–Crippen LogP) is 2.75. The summed E-state index contributed by atoms with van der Waals surface area (Å²) in [5.41, 5.74) is 7.17. The first kappa shape index (κ1) is 16.7. The second-order valence-electron chi connectivity index (χ2n) is 5.44. The molecule has 0 fully saturated rings. The quantitative estimate of drug-likeness (QED) is 0.891. The summed E-state index contributed by atoms with van der Waals surface area (Å²) in [7, 11) is 1.87. The average Bonchev–Trinajstić information content (AvgIpc) is 2.55. The lowest BCUT2D eigenvalue weighted by Gasteiger charge is -2.27. The molecule has 0 aromatic heterocycles. The number of carbonyl (C=O) groups is 1. The van der Waals surface area contributed by atoms with Crippen molar-refractivity contribution < 1.29 is 9.18 Å². The van der Waals surface area contributed by atoms with Gasteiger partial charge in [-0.3, -0.25) is 9.69 Å². The third-order valence-corrected chi connectivity index (χ3v) is 3.69. The zero-order valence-electron chi connectivity index (χ0n) is 12.9. The van der Waals surface area contributed by atoms with Crippen LogP contribution in [0.15, 0.2) is 48.5 Å². The van der Waals surface area contributed by atoms with Gasteiger partial charge in [-0.25, -0.2) is 4.39 Å². The lowest BCUT2D eigenvalue weighted by molar-refractivity contribution is -0.119. The number of amides is 1. The Kier molecular flexibility index (Phi) is 5.45. The van der Waals surface area contributed by atoms with E-state index < -0.39 is 5.82 Å². The zero-order chi connectivity index (χ0) is 16.8. The Hall–Kier alpha value is -2.71. The number of halogens is 1. The maximum absolute atomic E-state index is 13.4. The summed E-state index contributed by atoms with van der Waals surface area (Å²) < 4.78 is 13.4. The Morgan fingerprint density at radius 2 is 2.00 bits per heavy atom. The minimum Gasteiger partial charge on any atom is -0.370 e. The van der Waals surface area contributed by atoms with E-state index in [9.17, 15) is 9.18 Å². The number of nitrogens with zero attached hydrogens (tertiary/aromatic N) is 2. The van der Waals surface area contributed by atoms with Crippen LogP contribution in [-0.2, 0) is 11.3 Å². The van der Waals surface area contributed by atoms with Crippen LogP contribution in [0.4, 0.5) is 4.39 Å². The normalized spacial score (nSPS) is 11.9. The molecular weight excluding hydrogens is 293 g/mol. The SMILES string of the molecule is CN(Cc1ccc(F)c(C#N)c1)[C@@H](CC(N)=O)c1ccccc1. The molecule has 0 radical (unpaired) electrons. The van der Waals surface area contributed by atoms with E-state index in [1.807, 2.05) is 48.3 Å². The van der Waals surface area contributed by atoms with Crippen molar-refractivity contribution in [2.75, 3.05) is 7.05 Å². The maximum atomic E-state index is 13.4. The average molecular weight is 311 g/mol. The van der Waals surface area contributed by atoms with E-state index in [1.165, 1.54) is 12.1 Å². The summed E-state index contributed by atoms with van der Waals surface area (Å²) >= 11 is 0. The molecule has 2 rings (SSSR count). The molecule has 0 aliphatic carbocycles. The van der Waals surface area contributed by atoms with Crippen molar-refractivity contribution in [3.05, 3.63) is 71.0 Å². The molecule has 0 saturated carbocycles. The maximum Gasteiger partial charge on any atom is 0.219 e. The van der Waals surface area contributed by atoms with Crippen LogP contribution in [0.25, 0.3) is 0 Å². The molecule has 0 saturated heterocycles. The highest BCUT2D eigenvalue weighted by atomic mass is 19.1. The van der Waals surface area contributed by atoms with Gasteiger partial charge in [-0.2, -0.15) is 5.26 Å². The third kappa shape index (κ3) is 4.38. The van der Waals surface area contributed by atoms with E-state index in [0.717, 1.165) is 11.1 Å². The van der Waals surface area contributed by atoms with Gasteiger partial charge in [-0.15, -0.1) is 0 Å². The molecule has 1 atom stereocenters. The first-order valence-corrected chi connectivity index (χ1v) is 7.23. The summed E-state index contributed by atoms with van der Waals surface area (Å²) in [6.45, 7) is 0.474. The highest BCUT2D eigenvalue weighted by Crippen LogP contribution is 2.24. The third-order valence-electron chi connectivity index (χ3n) is 3.69. The van der Waals surface area contributed by atoms with Crippen LogP contribution in [0.1, 0.15) is 29.2 Å². The lowest BCUT2D eigenvalue weighted by Crippen LogP contribution is -2.28. The molecule has 2 aromatic rings. The van der Waals surface area contributed by atoms with E-state index in [1.54, 1.807) is 6.07 Å². The van der Waals surface area contributed by atoms with E-state index in [4.69, 9.17) is 11.0 Å². The number of nitriles is 1. The molecule has 0 bridgehead atoms. The monoisotopic (exact) mass is 311 g/mol. The van der Waals surface area contributed by atoms with Crippen molar-refractivity contribution in [2.45, 2.75) is 19.0 Å². The summed E-state index contributed by atoms with van der Waals surface area (Å²) in [6.07, 6.45) is 0.187. The largest absolute Gasteiger partial charge is 0.370 e. The van der Waals surface area contributed by atoms with Gasteiger partial charge in [0, 0.05) is 19.0 Å². The van der Waals surface area contributed by atoms with Crippen molar-refractivity contribution in [1.29, 1.82) is 5.26 Å². The molecule has 0 unspecified atom stereocenters. The van der Waals surface area contributed by atoms with E-state index in [-0.39, 0.29) is 23.9 Å². The van der Waals surface area contributed by atoms with Crippen LogP contribution in [0, 0.1) is 17.1 Å². The number of primary amides is 1. The minimum absolute atomic E-state index is 0.0158. The van der Waals surface area contributed by atoms with Crippen LogP contribution in [0.2, 0.25) is 0 Å². The number of benzene rings is 2. The predicted molar refractivity (Wildman–Crippen MR) is 85.6 cm³/mol. The van der Waals surface area contributed by atoms with Crippen LogP contribution in [0.5, 0.6) is 0 Å². The zero-order valence-corrected chi connectivity index (χ0v) is 12.9. The molecule has 0 aliphatic heterocycles. The molecule has 118 valence electrons. The number of rotatable bonds is 6. The van der Waals surface area contributed by atoms with Crippen LogP contribution < -0.4 is 5.73 Å². The van der Waals surface area contributed by atoms with Gasteiger partial charge in [0.15, 0.2) is 0 Å². The van der Waals surface area contributed by atoms with Gasteiger partial charge < -0.3 is 5.73 Å². The Morgan fingerprint density at radius 1 is 1.30 bits per heavy atom. The first-order chi connectivity index (χ1) is 11.0. The lowest BCUT2D eigenvalue weighted by atomic mass is 10.0. The number of carbonyl (C=O) groups excluding carboxylic acids is 1. The number of hydrogen-bond donors (Lipinski definition) is 1. The molecule has 2 aromatic carbocycles. The van der Waals surface area contributed by atoms with Crippen molar-refractivity contribution in [3.63, 3.8) is 0 Å². The molecule has 2 N–H and O–H groups in total. The van der Waals surface area contributed by atoms with Gasteiger partial charge >= 0.3 is 0 Å². The van der Waals surface area contributed by atoms with Crippen LogP contribution >= 0.6 is 0 Å². The first-order valence-electron chi connectivity index (χ1n) is 7.23. The molecular formula is C18H18FN3O. The van der Waals surface area contributed by atoms with Gasteiger partial charge in [0.05, 0.1) is 5.56 Å². The Labute approximate surface area is 134 Å². The molecule has 0 spiro atoms. The molecule has 1 amide bonds. The Morgan fingerprint density at radius 3 is 2.61 bits per heavy atom. The topological polar surface area (TPSA) is 70.1 Å².